The van der Waals surface area contributed by atoms with Gasteiger partial charge in [-0.1, -0.05) is 0 Å². The van der Waals surface area contributed by atoms with Crippen LogP contribution in [0.4, 0.5) is 5.82 Å². The van der Waals surface area contributed by atoms with Crippen LogP contribution in [0.15, 0.2) is 22.8 Å². The molecule has 0 unspecified atom stereocenters. The van der Waals surface area contributed by atoms with E-state index in [1.165, 1.54) is 13.3 Å². The van der Waals surface area contributed by atoms with Gasteiger partial charge >= 0.3 is 5.97 Å². The molecule has 0 saturated carbocycles. The topological polar surface area (TPSA) is 85.4 Å². The lowest BCUT2D eigenvalue weighted by Crippen LogP contribution is -2.18. The fraction of sp³-hybridized carbons (Fsp3) is 0.400. The molecule has 1 rings (SSSR count). The van der Waals surface area contributed by atoms with Gasteiger partial charge in [-0.25, -0.2) is 13.4 Å². The molecule has 0 radical (unpaired) electrons. The maximum absolute atomic E-state index is 11.6. The van der Waals surface area contributed by atoms with Crippen molar-refractivity contribution in [3.05, 3.63) is 22.8 Å². The third-order valence-electron chi connectivity index (χ3n) is 2.01. The lowest BCUT2D eigenvalue weighted by atomic mass is 10.3. The standard InChI is InChI=1S/C10H13BrN2O4S/c1-17-10(14)3-2-6-18(15,16)13-9-5-4-8(11)7-12-9/h4-5,7H,2-3,6H2,1H3,(H,12,13). The van der Waals surface area contributed by atoms with E-state index in [4.69, 9.17) is 0 Å². The summed E-state index contributed by atoms with van der Waals surface area (Å²) in [6, 6.07) is 3.22. The molecular weight excluding hydrogens is 324 g/mol. The molecule has 0 fully saturated rings. The first-order valence-electron chi connectivity index (χ1n) is 5.12. The lowest BCUT2D eigenvalue weighted by molar-refractivity contribution is -0.140. The number of ether oxygens (including phenoxy) is 1. The van der Waals surface area contributed by atoms with Crippen LogP contribution in [0.3, 0.4) is 0 Å². The number of nitrogens with zero attached hydrogens (tertiary/aromatic N) is 1. The van der Waals surface area contributed by atoms with E-state index < -0.39 is 16.0 Å². The number of nitrogens with one attached hydrogen (secondary N) is 1. The molecule has 1 aromatic heterocycles. The summed E-state index contributed by atoms with van der Waals surface area (Å²) in [6.45, 7) is 0. The minimum atomic E-state index is -3.49. The monoisotopic (exact) mass is 336 g/mol. The normalized spacial score (nSPS) is 11.0. The maximum atomic E-state index is 11.6. The van der Waals surface area contributed by atoms with Crippen molar-refractivity contribution in [1.29, 1.82) is 0 Å². The summed E-state index contributed by atoms with van der Waals surface area (Å²) < 4.78 is 30.8. The number of carbonyl (C=O) groups excluding carboxylic acids is 1. The molecule has 0 saturated heterocycles. The van der Waals surface area contributed by atoms with Gasteiger partial charge in [0.15, 0.2) is 0 Å². The Kier molecular flexibility index (Phi) is 5.54. The summed E-state index contributed by atoms with van der Waals surface area (Å²) in [5, 5.41) is 0. The van der Waals surface area contributed by atoms with Crippen molar-refractivity contribution in [2.45, 2.75) is 12.8 Å². The van der Waals surface area contributed by atoms with Crippen LogP contribution in [-0.4, -0.2) is 32.2 Å². The molecule has 18 heavy (non-hydrogen) atoms. The van der Waals surface area contributed by atoms with Crippen molar-refractivity contribution < 1.29 is 17.9 Å². The Morgan fingerprint density at radius 1 is 1.50 bits per heavy atom. The van der Waals surface area contributed by atoms with Crippen molar-refractivity contribution >= 4 is 37.7 Å². The smallest absolute Gasteiger partial charge is 0.305 e. The van der Waals surface area contributed by atoms with Gasteiger partial charge in [0.25, 0.3) is 0 Å². The highest BCUT2D eigenvalue weighted by Gasteiger charge is 2.12. The summed E-state index contributed by atoms with van der Waals surface area (Å²) >= 11 is 3.20. The van der Waals surface area contributed by atoms with Crippen LogP contribution < -0.4 is 4.72 Å². The molecule has 1 N–H and O–H groups in total. The fourth-order valence-corrected chi connectivity index (χ4v) is 2.46. The predicted molar refractivity (Wildman–Crippen MR) is 70.6 cm³/mol. The molecule has 0 amide bonds. The maximum Gasteiger partial charge on any atom is 0.305 e. The molecule has 8 heteroatoms. The lowest BCUT2D eigenvalue weighted by Gasteiger charge is -2.06. The van der Waals surface area contributed by atoms with Gasteiger partial charge in [-0.05, 0) is 34.5 Å². The summed E-state index contributed by atoms with van der Waals surface area (Å²) in [5.74, 6) is -0.330. The van der Waals surface area contributed by atoms with E-state index in [2.05, 4.69) is 30.4 Å². The molecule has 1 aromatic rings. The third-order valence-corrected chi connectivity index (χ3v) is 3.82. The molecule has 100 valence electrons. The first-order chi connectivity index (χ1) is 8.43. The van der Waals surface area contributed by atoms with Crippen molar-refractivity contribution in [2.75, 3.05) is 17.6 Å². The van der Waals surface area contributed by atoms with E-state index >= 15 is 0 Å². The van der Waals surface area contributed by atoms with Gasteiger partial charge in [-0.2, -0.15) is 0 Å². The zero-order chi connectivity index (χ0) is 13.6. The Morgan fingerprint density at radius 2 is 2.22 bits per heavy atom. The third kappa shape index (κ3) is 5.46. The van der Waals surface area contributed by atoms with E-state index in [1.807, 2.05) is 0 Å². The van der Waals surface area contributed by atoms with E-state index in [1.54, 1.807) is 12.1 Å². The molecule has 1 heterocycles. The number of hydrogen-bond acceptors (Lipinski definition) is 5. The first-order valence-corrected chi connectivity index (χ1v) is 7.56. The molecule has 0 atom stereocenters. The van der Waals surface area contributed by atoms with E-state index in [0.717, 1.165) is 4.47 Å². The zero-order valence-corrected chi connectivity index (χ0v) is 12.1. The minimum absolute atomic E-state index is 0.0746. The summed E-state index contributed by atoms with van der Waals surface area (Å²) in [5.41, 5.74) is 0. The van der Waals surface area contributed by atoms with Gasteiger partial charge in [0.1, 0.15) is 5.82 Å². The second kappa shape index (κ2) is 6.69. The molecule has 0 aliphatic rings. The SMILES string of the molecule is COC(=O)CCCS(=O)(=O)Nc1ccc(Br)cn1. The van der Waals surface area contributed by atoms with E-state index in [0.29, 0.717) is 0 Å². The Labute approximate surface area is 114 Å². The molecule has 0 bridgehead atoms. The number of methoxy groups -OCH3 is 1. The number of carbonyl (C=O) groups is 1. The Hall–Kier alpha value is -1.15. The van der Waals surface area contributed by atoms with E-state index in [-0.39, 0.29) is 24.4 Å². The molecule has 0 aromatic carbocycles. The molecule has 0 spiro atoms. The van der Waals surface area contributed by atoms with Crippen LogP contribution >= 0.6 is 15.9 Å². The summed E-state index contributed by atoms with van der Waals surface area (Å²) in [7, 11) is -2.22. The largest absolute Gasteiger partial charge is 0.469 e. The second-order valence-electron chi connectivity index (χ2n) is 3.46. The van der Waals surface area contributed by atoms with Crippen LogP contribution in [0.1, 0.15) is 12.8 Å². The van der Waals surface area contributed by atoms with Gasteiger partial charge in [-0.15, -0.1) is 0 Å². The van der Waals surface area contributed by atoms with Crippen molar-refractivity contribution in [3.8, 4) is 0 Å². The number of anilines is 1. The molecule has 0 aliphatic carbocycles. The predicted octanol–water partition coefficient (Wildman–Crippen LogP) is 1.54. The number of pyridine rings is 1. The Morgan fingerprint density at radius 3 is 2.78 bits per heavy atom. The number of rotatable bonds is 6. The number of hydrogen-bond donors (Lipinski definition) is 1. The van der Waals surface area contributed by atoms with Crippen molar-refractivity contribution in [2.24, 2.45) is 0 Å². The summed E-state index contributed by atoms with van der Waals surface area (Å²) in [6.07, 6.45) is 1.77. The number of esters is 1. The molecule has 6 nitrogen and oxygen atoms in total. The van der Waals surface area contributed by atoms with Gasteiger partial charge < -0.3 is 4.74 Å². The highest BCUT2D eigenvalue weighted by atomic mass is 79.9. The number of sulfonamides is 1. The van der Waals surface area contributed by atoms with Crippen LogP contribution in [0.25, 0.3) is 0 Å². The van der Waals surface area contributed by atoms with Crippen molar-refractivity contribution in [1.82, 2.24) is 4.98 Å². The summed E-state index contributed by atoms with van der Waals surface area (Å²) in [4.78, 5) is 14.7. The Balaban J connectivity index is 2.49. The second-order valence-corrected chi connectivity index (χ2v) is 6.22. The van der Waals surface area contributed by atoms with Crippen LogP contribution in [0.5, 0.6) is 0 Å². The highest BCUT2D eigenvalue weighted by Crippen LogP contribution is 2.12. The highest BCUT2D eigenvalue weighted by molar-refractivity contribution is 9.10. The number of halogens is 1. The van der Waals surface area contributed by atoms with Gasteiger partial charge in [0.05, 0.1) is 12.9 Å². The zero-order valence-electron chi connectivity index (χ0n) is 9.72. The molecular formula is C10H13BrN2O4S. The quantitative estimate of drug-likeness (QED) is 0.796. The first kappa shape index (κ1) is 14.9. The minimum Gasteiger partial charge on any atom is -0.469 e. The van der Waals surface area contributed by atoms with Gasteiger partial charge in [0, 0.05) is 17.1 Å². The van der Waals surface area contributed by atoms with Crippen LogP contribution in [0, 0.1) is 0 Å². The average Bonchev–Trinajstić information content (AvgIpc) is 2.31. The van der Waals surface area contributed by atoms with E-state index in [9.17, 15) is 13.2 Å². The molecule has 0 aliphatic heterocycles. The Bertz CT molecular complexity index is 501. The van der Waals surface area contributed by atoms with Gasteiger partial charge in [-0.3, -0.25) is 9.52 Å². The van der Waals surface area contributed by atoms with Crippen LogP contribution in [-0.2, 0) is 19.6 Å². The van der Waals surface area contributed by atoms with Gasteiger partial charge in [0.2, 0.25) is 10.0 Å². The number of aromatic nitrogens is 1. The van der Waals surface area contributed by atoms with Crippen molar-refractivity contribution in [3.63, 3.8) is 0 Å². The van der Waals surface area contributed by atoms with Crippen LogP contribution in [0.2, 0.25) is 0 Å². The average molecular weight is 337 g/mol. The fourth-order valence-electron chi connectivity index (χ4n) is 1.16.